The third kappa shape index (κ3) is 3.12. The van der Waals surface area contributed by atoms with Crippen LogP contribution < -0.4 is 4.74 Å². The topological polar surface area (TPSA) is 95.8 Å². The second kappa shape index (κ2) is 7.02. The Kier molecular flexibility index (Phi) is 4.80. The number of aromatic amines is 1. The van der Waals surface area contributed by atoms with Crippen molar-refractivity contribution in [1.29, 1.82) is 0 Å². The number of fused-ring (bicyclic) bond motifs is 2. The zero-order valence-corrected chi connectivity index (χ0v) is 14.5. The summed E-state index contributed by atoms with van der Waals surface area (Å²) in [6, 6.07) is 14.5. The first-order chi connectivity index (χ1) is 11.8. The third-order valence-electron chi connectivity index (χ3n) is 3.76. The molecule has 4 rings (SSSR count). The maximum Gasteiger partial charge on any atom is 0.151 e. The maximum absolute atomic E-state index is 10.4. The van der Waals surface area contributed by atoms with E-state index < -0.39 is 0 Å². The van der Waals surface area contributed by atoms with Crippen LogP contribution in [0.5, 0.6) is 11.5 Å². The minimum Gasteiger partial charge on any atom is -0.505 e. The molecule has 1 aromatic heterocycles. The van der Waals surface area contributed by atoms with E-state index in [4.69, 9.17) is 4.74 Å². The van der Waals surface area contributed by atoms with Crippen molar-refractivity contribution in [2.24, 2.45) is 10.2 Å². The van der Waals surface area contributed by atoms with Crippen molar-refractivity contribution in [3.05, 3.63) is 48.5 Å². The fourth-order valence-electron chi connectivity index (χ4n) is 2.56. The molecule has 0 aliphatic heterocycles. The normalized spacial score (nSPS) is 11.1. The molecule has 0 saturated carbocycles. The van der Waals surface area contributed by atoms with E-state index in [0.717, 1.165) is 10.9 Å². The molecule has 0 atom stereocenters. The van der Waals surface area contributed by atoms with Gasteiger partial charge in [-0.25, -0.2) is 0 Å². The molecule has 1 heterocycles. The summed E-state index contributed by atoms with van der Waals surface area (Å²) in [6.07, 6.45) is 0. The summed E-state index contributed by atoms with van der Waals surface area (Å²) in [5.74, 6) is 0.696. The number of azo groups is 1. The maximum atomic E-state index is 10.4. The zero-order chi connectivity index (χ0) is 16.5. The first kappa shape index (κ1) is 17.1. The molecule has 129 valence electrons. The number of methoxy groups -OCH3 is 1. The summed E-state index contributed by atoms with van der Waals surface area (Å²) in [7, 11) is 1.58. The van der Waals surface area contributed by atoms with Gasteiger partial charge in [0.05, 0.1) is 18.3 Å². The molecule has 3 aromatic carbocycles. The van der Waals surface area contributed by atoms with Crippen LogP contribution in [0.2, 0.25) is 0 Å². The number of phenols is 1. The number of rotatable bonds is 3. The van der Waals surface area contributed by atoms with Gasteiger partial charge in [-0.3, -0.25) is 5.10 Å². The molecule has 7 nitrogen and oxygen atoms in total. The number of benzene rings is 3. The van der Waals surface area contributed by atoms with Crippen LogP contribution in [0.3, 0.4) is 0 Å². The van der Waals surface area contributed by atoms with Crippen molar-refractivity contribution in [1.82, 2.24) is 15.4 Å². The molecular weight excluding hydrogens is 414 g/mol. The van der Waals surface area contributed by atoms with Gasteiger partial charge in [0.15, 0.2) is 5.75 Å². The number of aromatic nitrogens is 3. The molecule has 2 N–H and O–H groups in total. The molecule has 0 aliphatic carbocycles. The number of nitrogens with one attached hydrogen (secondary N) is 1. The Morgan fingerprint density at radius 2 is 1.84 bits per heavy atom. The third-order valence-corrected chi connectivity index (χ3v) is 3.76. The van der Waals surface area contributed by atoms with Gasteiger partial charge in [0, 0.05) is 39.2 Å². The van der Waals surface area contributed by atoms with Gasteiger partial charge in [-0.15, -0.1) is 10.2 Å². The first-order valence-corrected chi connectivity index (χ1v) is 7.27. The number of aromatic hydroxyl groups is 1. The van der Waals surface area contributed by atoms with E-state index in [9.17, 15) is 5.11 Å². The molecule has 0 unspecified atom stereocenters. The molecular formula is C17H13AgN5O2. The minimum atomic E-state index is 0. The zero-order valence-electron chi connectivity index (χ0n) is 13.1. The van der Waals surface area contributed by atoms with Gasteiger partial charge in [0.25, 0.3) is 0 Å². The Morgan fingerprint density at radius 1 is 1.04 bits per heavy atom. The summed E-state index contributed by atoms with van der Waals surface area (Å²) in [4.78, 5) is 0. The van der Waals surface area contributed by atoms with Crippen LogP contribution >= 0.6 is 0 Å². The van der Waals surface area contributed by atoms with Crippen LogP contribution in [0.4, 0.5) is 11.4 Å². The number of phenolic OH excluding ortho intramolecular Hbond substituents is 1. The molecule has 4 aromatic rings. The quantitative estimate of drug-likeness (QED) is 0.378. The monoisotopic (exact) mass is 426 g/mol. The van der Waals surface area contributed by atoms with Crippen LogP contribution in [-0.4, -0.2) is 27.6 Å². The molecule has 0 amide bonds. The van der Waals surface area contributed by atoms with Gasteiger partial charge < -0.3 is 9.84 Å². The van der Waals surface area contributed by atoms with Crippen LogP contribution in [0, 0.1) is 0 Å². The second-order valence-corrected chi connectivity index (χ2v) is 5.21. The molecule has 0 fully saturated rings. The minimum absolute atomic E-state index is 0. The number of hydrogen-bond donors (Lipinski definition) is 2. The largest absolute Gasteiger partial charge is 0.505 e. The summed E-state index contributed by atoms with van der Waals surface area (Å²) in [5.41, 5.74) is 2.48. The van der Waals surface area contributed by atoms with E-state index in [1.54, 1.807) is 25.3 Å². The Bertz CT molecular complexity index is 1080. The van der Waals surface area contributed by atoms with Gasteiger partial charge in [0.2, 0.25) is 0 Å². The second-order valence-electron chi connectivity index (χ2n) is 5.21. The van der Waals surface area contributed by atoms with Gasteiger partial charge in [0.1, 0.15) is 17.0 Å². The Balaban J connectivity index is 0.00000182. The van der Waals surface area contributed by atoms with Crippen molar-refractivity contribution >= 4 is 33.2 Å². The molecule has 1 radical (unpaired) electrons. The van der Waals surface area contributed by atoms with Crippen molar-refractivity contribution in [3.63, 3.8) is 0 Å². The molecule has 0 bridgehead atoms. The molecule has 0 saturated heterocycles. The summed E-state index contributed by atoms with van der Waals surface area (Å²) < 4.78 is 5.39. The molecule has 0 spiro atoms. The van der Waals surface area contributed by atoms with E-state index in [1.165, 1.54) is 0 Å². The average Bonchev–Trinajstić information content (AvgIpc) is 3.09. The smallest absolute Gasteiger partial charge is 0.151 e. The number of H-pyrrole nitrogens is 1. The SMILES string of the molecule is COc1cc(N=Nc2ccc3[nH]nnc3c2)c(O)c2ccccc12.[Ag]. The fourth-order valence-corrected chi connectivity index (χ4v) is 2.56. The Labute approximate surface area is 158 Å². The van der Waals surface area contributed by atoms with Crippen LogP contribution in [0.15, 0.2) is 58.8 Å². The van der Waals surface area contributed by atoms with E-state index in [1.807, 2.05) is 30.3 Å². The van der Waals surface area contributed by atoms with E-state index in [2.05, 4.69) is 25.6 Å². The van der Waals surface area contributed by atoms with Gasteiger partial charge >= 0.3 is 0 Å². The summed E-state index contributed by atoms with van der Waals surface area (Å²) in [6.45, 7) is 0. The van der Waals surface area contributed by atoms with Crippen LogP contribution in [0.1, 0.15) is 0 Å². The predicted molar refractivity (Wildman–Crippen MR) is 90.2 cm³/mol. The average molecular weight is 427 g/mol. The van der Waals surface area contributed by atoms with E-state index >= 15 is 0 Å². The van der Waals surface area contributed by atoms with Crippen LogP contribution in [0.25, 0.3) is 21.8 Å². The van der Waals surface area contributed by atoms with E-state index in [0.29, 0.717) is 28.0 Å². The van der Waals surface area contributed by atoms with Gasteiger partial charge in [-0.2, -0.15) is 5.11 Å². The van der Waals surface area contributed by atoms with Crippen molar-refractivity contribution in [2.45, 2.75) is 0 Å². The fraction of sp³-hybridized carbons (Fsp3) is 0.0588. The number of hydrogen-bond acceptors (Lipinski definition) is 6. The molecule has 25 heavy (non-hydrogen) atoms. The predicted octanol–water partition coefficient (Wildman–Crippen LogP) is 4.24. The Morgan fingerprint density at radius 3 is 2.64 bits per heavy atom. The first-order valence-electron chi connectivity index (χ1n) is 7.27. The van der Waals surface area contributed by atoms with Gasteiger partial charge in [-0.05, 0) is 18.2 Å². The standard InChI is InChI=1S/C17H13N5O2.Ag/c1-24-16-9-15(17(23)12-5-3-2-4-11(12)16)19-18-10-6-7-13-14(8-10)21-22-20-13;/h2-9,23H,1H3,(H,20,21,22);. The molecule has 0 aliphatic rings. The van der Waals surface area contributed by atoms with Gasteiger partial charge in [-0.1, -0.05) is 29.5 Å². The summed E-state index contributed by atoms with van der Waals surface area (Å²) >= 11 is 0. The van der Waals surface area contributed by atoms with Crippen molar-refractivity contribution in [3.8, 4) is 11.5 Å². The van der Waals surface area contributed by atoms with Crippen LogP contribution in [-0.2, 0) is 22.4 Å². The summed E-state index contributed by atoms with van der Waals surface area (Å²) in [5, 5.41) is 30.7. The van der Waals surface area contributed by atoms with Crippen molar-refractivity contribution < 1.29 is 32.2 Å². The number of nitrogens with zero attached hydrogens (tertiary/aromatic N) is 4. The molecule has 8 heteroatoms. The number of ether oxygens (including phenoxy) is 1. The van der Waals surface area contributed by atoms with Crippen molar-refractivity contribution in [2.75, 3.05) is 7.11 Å². The van der Waals surface area contributed by atoms with E-state index in [-0.39, 0.29) is 28.1 Å². The Hall–Kier alpha value is -2.74.